The van der Waals surface area contributed by atoms with Crippen LogP contribution in [-0.4, -0.2) is 11.4 Å². The van der Waals surface area contributed by atoms with Crippen molar-refractivity contribution < 1.29 is 0 Å². The lowest BCUT2D eigenvalue weighted by Crippen LogP contribution is -2.17. The molecule has 0 aromatic carbocycles. The molecule has 2 aliphatic heterocycles. The molecule has 2 heteroatoms. The Bertz CT molecular complexity index is 213. The molecule has 0 aromatic rings. The zero-order chi connectivity index (χ0) is 6.81. The molecule has 0 fully saturated rings. The van der Waals surface area contributed by atoms with Gasteiger partial charge in [-0.3, -0.25) is 0 Å². The van der Waals surface area contributed by atoms with Crippen LogP contribution in [0.3, 0.4) is 0 Å². The van der Waals surface area contributed by atoms with E-state index in [1.807, 2.05) is 18.4 Å². The highest BCUT2D eigenvalue weighted by atomic mass is 15.2. The lowest BCUT2D eigenvalue weighted by molar-refractivity contribution is 0.477. The lowest BCUT2D eigenvalue weighted by atomic mass is 10.5. The van der Waals surface area contributed by atoms with Gasteiger partial charge in [-0.25, -0.2) is 5.32 Å². The summed E-state index contributed by atoms with van der Waals surface area (Å²) < 4.78 is 0. The highest BCUT2D eigenvalue weighted by Gasteiger charge is 2.10. The predicted molar refractivity (Wildman–Crippen MR) is 39.8 cm³/mol. The average Bonchev–Trinajstić information content (AvgIpc) is 2.59. The first-order chi connectivity index (χ1) is 4.97. The van der Waals surface area contributed by atoms with Gasteiger partial charge in [0, 0.05) is 18.9 Å². The van der Waals surface area contributed by atoms with Crippen molar-refractivity contribution in [3.8, 4) is 0 Å². The summed E-state index contributed by atoms with van der Waals surface area (Å²) in [5.74, 6) is 1.06. The summed E-state index contributed by atoms with van der Waals surface area (Å²) in [6, 6.07) is 0. The highest BCUT2D eigenvalue weighted by Crippen LogP contribution is 2.13. The van der Waals surface area contributed by atoms with Crippen LogP contribution in [-0.2, 0) is 0 Å². The number of nitrogens with zero attached hydrogens (tertiary/aromatic N) is 2. The van der Waals surface area contributed by atoms with Gasteiger partial charge in [0.1, 0.15) is 5.82 Å². The summed E-state index contributed by atoms with van der Waals surface area (Å²) >= 11 is 0. The minimum atomic E-state index is 1.06. The van der Waals surface area contributed by atoms with Crippen molar-refractivity contribution in [3.05, 3.63) is 36.4 Å². The number of allylic oxidation sites excluding steroid dienone is 2. The first-order valence-electron chi connectivity index (χ1n) is 3.48. The maximum Gasteiger partial charge on any atom is 0.132 e. The van der Waals surface area contributed by atoms with Gasteiger partial charge in [0.15, 0.2) is 0 Å². The Morgan fingerprint density at radius 2 is 2.50 bits per heavy atom. The number of hydrogen-bond acceptors (Lipinski definition) is 1. The molecule has 0 atom stereocenters. The smallest absolute Gasteiger partial charge is 0.132 e. The Labute approximate surface area is 60.5 Å². The Morgan fingerprint density at radius 3 is 3.10 bits per heavy atom. The van der Waals surface area contributed by atoms with E-state index in [1.54, 1.807) is 0 Å². The Kier molecular flexibility index (Phi) is 1.24. The molecule has 2 rings (SSSR count). The van der Waals surface area contributed by atoms with Crippen LogP contribution in [0, 0.1) is 0 Å². The van der Waals surface area contributed by atoms with Crippen LogP contribution in [0.5, 0.6) is 0 Å². The predicted octanol–water partition coefficient (Wildman–Crippen LogP) is 1.18. The van der Waals surface area contributed by atoms with Gasteiger partial charge in [-0.15, -0.1) is 0 Å². The third kappa shape index (κ3) is 0.817. The molecule has 0 spiro atoms. The molecule has 0 saturated heterocycles. The Balaban J connectivity index is 2.06. The summed E-state index contributed by atoms with van der Waals surface area (Å²) in [6.45, 7) is 1.08. The first kappa shape index (κ1) is 5.59. The molecule has 2 aliphatic rings. The molecule has 0 amide bonds. The fourth-order valence-electron chi connectivity index (χ4n) is 1.14. The quantitative estimate of drug-likeness (QED) is 0.525. The van der Waals surface area contributed by atoms with E-state index in [2.05, 4.69) is 22.5 Å². The zero-order valence-electron chi connectivity index (χ0n) is 5.70. The van der Waals surface area contributed by atoms with Crippen LogP contribution in [0.1, 0.15) is 6.42 Å². The van der Waals surface area contributed by atoms with Gasteiger partial charge in [0.05, 0.1) is 0 Å². The van der Waals surface area contributed by atoms with Crippen molar-refractivity contribution in [3.63, 3.8) is 0 Å². The van der Waals surface area contributed by atoms with E-state index < -0.39 is 0 Å². The van der Waals surface area contributed by atoms with E-state index in [-0.39, 0.29) is 0 Å². The van der Waals surface area contributed by atoms with Gasteiger partial charge in [-0.2, -0.15) is 0 Å². The molecule has 1 radical (unpaired) electrons. The second kappa shape index (κ2) is 2.21. The summed E-state index contributed by atoms with van der Waals surface area (Å²) in [4.78, 5) is 2.15. The van der Waals surface area contributed by atoms with Crippen molar-refractivity contribution >= 4 is 0 Å². The van der Waals surface area contributed by atoms with E-state index in [9.17, 15) is 0 Å². The monoisotopic (exact) mass is 133 g/mol. The molecule has 0 aromatic heterocycles. The second-order valence-electron chi connectivity index (χ2n) is 2.36. The third-order valence-corrected chi connectivity index (χ3v) is 1.65. The van der Waals surface area contributed by atoms with Gasteiger partial charge in [0.25, 0.3) is 0 Å². The molecule has 51 valence electrons. The highest BCUT2D eigenvalue weighted by molar-refractivity contribution is 5.21. The molecule has 2 nitrogen and oxygen atoms in total. The average molecular weight is 133 g/mol. The number of hydrogen-bond donors (Lipinski definition) is 0. The molecule has 10 heavy (non-hydrogen) atoms. The summed E-state index contributed by atoms with van der Waals surface area (Å²) in [5.41, 5.74) is 0. The maximum absolute atomic E-state index is 4.17. The number of rotatable bonds is 1. The molecule has 0 N–H and O–H groups in total. The zero-order valence-corrected chi connectivity index (χ0v) is 5.70. The van der Waals surface area contributed by atoms with Crippen LogP contribution < -0.4 is 5.32 Å². The van der Waals surface area contributed by atoms with Crippen molar-refractivity contribution in [2.75, 3.05) is 6.54 Å². The molecular weight excluding hydrogens is 124 g/mol. The van der Waals surface area contributed by atoms with Crippen molar-refractivity contribution in [1.29, 1.82) is 0 Å². The van der Waals surface area contributed by atoms with Gasteiger partial charge < -0.3 is 4.90 Å². The van der Waals surface area contributed by atoms with Crippen LogP contribution in [0.2, 0.25) is 0 Å². The van der Waals surface area contributed by atoms with E-state index >= 15 is 0 Å². The van der Waals surface area contributed by atoms with E-state index in [4.69, 9.17) is 0 Å². The minimum absolute atomic E-state index is 1.06. The van der Waals surface area contributed by atoms with E-state index in [0.717, 1.165) is 18.8 Å². The Morgan fingerprint density at radius 1 is 1.50 bits per heavy atom. The van der Waals surface area contributed by atoms with Crippen molar-refractivity contribution in [2.45, 2.75) is 6.42 Å². The fourth-order valence-corrected chi connectivity index (χ4v) is 1.14. The van der Waals surface area contributed by atoms with E-state index in [0.29, 0.717) is 0 Å². The first-order valence-corrected chi connectivity index (χ1v) is 3.48. The van der Waals surface area contributed by atoms with Gasteiger partial charge in [-0.1, -0.05) is 6.08 Å². The molecular formula is C8H9N2. The van der Waals surface area contributed by atoms with Crippen LogP contribution in [0.4, 0.5) is 0 Å². The summed E-state index contributed by atoms with van der Waals surface area (Å²) in [6.07, 6.45) is 11.2. The van der Waals surface area contributed by atoms with Crippen LogP contribution in [0.25, 0.3) is 0 Å². The summed E-state index contributed by atoms with van der Waals surface area (Å²) in [5, 5.41) is 4.17. The topological polar surface area (TPSA) is 17.3 Å². The SMILES string of the molecule is C1=C[N]C(N2C=CCC2)=C1. The standard InChI is InChI=1S/C8H9N2/c1-2-7-10(6-1)8-4-3-5-9-8/h1,3-6H,2,7H2. The van der Waals surface area contributed by atoms with Crippen molar-refractivity contribution in [1.82, 2.24) is 10.2 Å². The molecule has 2 heterocycles. The second-order valence-corrected chi connectivity index (χ2v) is 2.36. The van der Waals surface area contributed by atoms with Crippen LogP contribution in [0.15, 0.2) is 36.4 Å². The van der Waals surface area contributed by atoms with E-state index in [1.165, 1.54) is 0 Å². The molecule has 0 aliphatic carbocycles. The van der Waals surface area contributed by atoms with Gasteiger partial charge in [0.2, 0.25) is 0 Å². The van der Waals surface area contributed by atoms with Gasteiger partial charge in [-0.05, 0) is 18.6 Å². The lowest BCUT2D eigenvalue weighted by Gasteiger charge is -2.14. The minimum Gasteiger partial charge on any atom is -0.333 e. The van der Waals surface area contributed by atoms with Crippen molar-refractivity contribution in [2.24, 2.45) is 0 Å². The fraction of sp³-hybridized carbons (Fsp3) is 0.250. The van der Waals surface area contributed by atoms with Crippen LogP contribution >= 0.6 is 0 Å². The Hall–Kier alpha value is -1.18. The third-order valence-electron chi connectivity index (χ3n) is 1.65. The summed E-state index contributed by atoms with van der Waals surface area (Å²) in [7, 11) is 0. The molecule has 0 bridgehead atoms. The molecule has 0 saturated carbocycles. The van der Waals surface area contributed by atoms with Gasteiger partial charge >= 0.3 is 0 Å². The largest absolute Gasteiger partial charge is 0.333 e. The normalized spacial score (nSPS) is 21.6. The maximum atomic E-state index is 4.17. The molecule has 0 unspecified atom stereocenters.